The lowest BCUT2D eigenvalue weighted by Crippen LogP contribution is -2.48. The van der Waals surface area contributed by atoms with E-state index in [2.05, 4.69) is 0 Å². The van der Waals surface area contributed by atoms with Crippen LogP contribution in [-0.2, 0) is 18.1 Å². The Balaban J connectivity index is 4.50. The van der Waals surface area contributed by atoms with E-state index >= 15 is 0 Å². The van der Waals surface area contributed by atoms with Crippen molar-refractivity contribution in [2.45, 2.75) is 40.2 Å². The van der Waals surface area contributed by atoms with E-state index in [9.17, 15) is 4.79 Å². The Hall–Kier alpha value is -0.433. The Bertz CT molecular complexity index is 221. The van der Waals surface area contributed by atoms with Gasteiger partial charge in [0.05, 0.1) is 0 Å². The molecule has 0 aliphatic heterocycles. The minimum Gasteiger partial charge on any atom is -0.374 e. The summed E-state index contributed by atoms with van der Waals surface area (Å²) in [6, 6.07) is 0.644. The highest BCUT2D eigenvalue weighted by molar-refractivity contribution is 6.60. The number of rotatable bonds is 10. The molecular weight excluding hydrogens is 250 g/mol. The van der Waals surface area contributed by atoms with Crippen molar-refractivity contribution in [3.05, 3.63) is 0 Å². The average Bonchev–Trinajstić information content (AvgIpc) is 2.36. The molecule has 0 aromatic carbocycles. The second kappa shape index (κ2) is 9.49. The zero-order valence-electron chi connectivity index (χ0n) is 12.3. The molecule has 0 atom stereocenters. The molecule has 0 saturated heterocycles. The van der Waals surface area contributed by atoms with Crippen LogP contribution in [0.5, 0.6) is 0 Å². The molecule has 0 radical (unpaired) electrons. The maximum absolute atomic E-state index is 11.5. The Labute approximate surface area is 112 Å². The quantitative estimate of drug-likeness (QED) is 0.572. The predicted molar refractivity (Wildman–Crippen MR) is 73.4 cm³/mol. The lowest BCUT2D eigenvalue weighted by molar-refractivity contribution is -0.129. The number of carbonyl (C=O) groups excluding carboxylic acids is 1. The van der Waals surface area contributed by atoms with Crippen LogP contribution in [0.2, 0.25) is 6.04 Å². The molecule has 1 amide bonds. The molecule has 0 spiro atoms. The predicted octanol–water partition coefficient (Wildman–Crippen LogP) is 1.90. The molecule has 0 fully saturated rings. The lowest BCUT2D eigenvalue weighted by Gasteiger charge is -2.30. The van der Waals surface area contributed by atoms with Crippen LogP contribution in [0.3, 0.4) is 0 Å². The summed E-state index contributed by atoms with van der Waals surface area (Å²) in [5.41, 5.74) is 0. The molecule has 18 heavy (non-hydrogen) atoms. The minimum absolute atomic E-state index is 0.127. The average molecular weight is 277 g/mol. The molecule has 0 bridgehead atoms. The van der Waals surface area contributed by atoms with Gasteiger partial charge in [0.15, 0.2) is 0 Å². The van der Waals surface area contributed by atoms with Crippen LogP contribution in [0.25, 0.3) is 0 Å². The van der Waals surface area contributed by atoms with Gasteiger partial charge in [-0.3, -0.25) is 4.79 Å². The number of hydrogen-bond donors (Lipinski definition) is 0. The number of amides is 1. The van der Waals surface area contributed by atoms with Crippen molar-refractivity contribution < 1.29 is 18.1 Å². The highest BCUT2D eigenvalue weighted by atomic mass is 28.4. The Morgan fingerprint density at radius 1 is 1.00 bits per heavy atom. The van der Waals surface area contributed by atoms with E-state index in [0.717, 1.165) is 0 Å². The third kappa shape index (κ3) is 5.95. The molecule has 0 aliphatic rings. The molecule has 0 heterocycles. The van der Waals surface area contributed by atoms with Crippen LogP contribution in [0.4, 0.5) is 0 Å². The first-order valence-electron chi connectivity index (χ1n) is 6.71. The normalized spacial score (nSPS) is 11.6. The zero-order chi connectivity index (χ0) is 14.0. The van der Waals surface area contributed by atoms with Gasteiger partial charge in [-0.25, -0.2) is 0 Å². The van der Waals surface area contributed by atoms with Crippen molar-refractivity contribution in [3.8, 4) is 0 Å². The molecule has 0 rings (SSSR count). The van der Waals surface area contributed by atoms with Gasteiger partial charge in [0, 0.05) is 45.9 Å². The van der Waals surface area contributed by atoms with Crippen molar-refractivity contribution >= 4 is 14.7 Å². The molecule has 6 heteroatoms. The van der Waals surface area contributed by atoms with Crippen LogP contribution in [0.1, 0.15) is 34.1 Å². The highest BCUT2D eigenvalue weighted by Gasteiger charge is 2.40. The minimum atomic E-state index is -2.61. The summed E-state index contributed by atoms with van der Waals surface area (Å²) in [6.07, 6.45) is 0.517. The van der Waals surface area contributed by atoms with Gasteiger partial charge in [-0.1, -0.05) is 6.92 Å². The van der Waals surface area contributed by atoms with E-state index < -0.39 is 8.80 Å². The van der Waals surface area contributed by atoms with Crippen LogP contribution in [0.15, 0.2) is 0 Å². The molecule has 0 saturated carbocycles. The van der Waals surface area contributed by atoms with Gasteiger partial charge < -0.3 is 18.2 Å². The van der Waals surface area contributed by atoms with E-state index in [1.165, 1.54) is 0 Å². The van der Waals surface area contributed by atoms with Crippen molar-refractivity contribution in [2.75, 3.05) is 33.4 Å². The molecule has 0 aromatic rings. The van der Waals surface area contributed by atoms with Crippen LogP contribution in [-0.4, -0.2) is 53.0 Å². The smallest absolute Gasteiger partial charge is 0.374 e. The van der Waals surface area contributed by atoms with Crippen molar-refractivity contribution in [3.63, 3.8) is 0 Å². The summed E-state index contributed by atoms with van der Waals surface area (Å²) in [5.74, 6) is 0.127. The fourth-order valence-electron chi connectivity index (χ4n) is 1.70. The standard InChI is InChI=1S/C12H27NO4Si/c1-6-12(14)13(5)10-11-18(15-7-2,16-8-3)17-9-4/h6-11H2,1-5H3. The summed E-state index contributed by atoms with van der Waals surface area (Å²) in [7, 11) is -0.810. The van der Waals surface area contributed by atoms with Crippen molar-refractivity contribution in [1.29, 1.82) is 0 Å². The topological polar surface area (TPSA) is 48.0 Å². The third-order valence-corrected chi connectivity index (χ3v) is 5.60. The summed E-state index contributed by atoms with van der Waals surface area (Å²) in [4.78, 5) is 13.2. The fraction of sp³-hybridized carbons (Fsp3) is 0.917. The lowest BCUT2D eigenvalue weighted by atomic mass is 10.4. The maximum Gasteiger partial charge on any atom is 0.502 e. The first-order valence-corrected chi connectivity index (χ1v) is 8.64. The summed E-state index contributed by atoms with van der Waals surface area (Å²) < 4.78 is 17.2. The summed E-state index contributed by atoms with van der Waals surface area (Å²) in [5, 5.41) is 0. The van der Waals surface area contributed by atoms with Gasteiger partial charge in [-0.2, -0.15) is 0 Å². The number of nitrogens with zero attached hydrogens (tertiary/aromatic N) is 1. The van der Waals surface area contributed by atoms with Crippen molar-refractivity contribution in [1.82, 2.24) is 4.90 Å². The molecule has 108 valence electrons. The van der Waals surface area contributed by atoms with E-state index in [4.69, 9.17) is 13.3 Å². The highest BCUT2D eigenvalue weighted by Crippen LogP contribution is 2.16. The van der Waals surface area contributed by atoms with Gasteiger partial charge in [0.25, 0.3) is 0 Å². The molecule has 0 aliphatic carbocycles. The van der Waals surface area contributed by atoms with E-state index in [0.29, 0.717) is 38.8 Å². The summed E-state index contributed by atoms with van der Waals surface area (Å²) in [6.45, 7) is 9.96. The van der Waals surface area contributed by atoms with Gasteiger partial charge in [0.1, 0.15) is 0 Å². The Kier molecular flexibility index (Phi) is 9.26. The monoisotopic (exact) mass is 277 g/mol. The first-order chi connectivity index (χ1) is 8.55. The molecular formula is C12H27NO4Si. The first kappa shape index (κ1) is 17.6. The van der Waals surface area contributed by atoms with Gasteiger partial charge in [-0.15, -0.1) is 0 Å². The second-order valence-corrected chi connectivity index (χ2v) is 6.63. The van der Waals surface area contributed by atoms with E-state index in [1.54, 1.807) is 11.9 Å². The number of carbonyl (C=O) groups is 1. The van der Waals surface area contributed by atoms with Crippen molar-refractivity contribution in [2.24, 2.45) is 0 Å². The summed E-state index contributed by atoms with van der Waals surface area (Å²) >= 11 is 0. The maximum atomic E-state index is 11.5. The van der Waals surface area contributed by atoms with Crippen LogP contribution < -0.4 is 0 Å². The number of hydrogen-bond acceptors (Lipinski definition) is 4. The largest absolute Gasteiger partial charge is 0.502 e. The third-order valence-electron chi connectivity index (χ3n) is 2.57. The second-order valence-electron chi connectivity index (χ2n) is 3.90. The van der Waals surface area contributed by atoms with E-state index in [-0.39, 0.29) is 5.91 Å². The van der Waals surface area contributed by atoms with Gasteiger partial charge in [-0.05, 0) is 20.8 Å². The SMILES string of the molecule is CCO[Si](CCN(C)C(=O)CC)(OCC)OCC. The van der Waals surface area contributed by atoms with Crippen LogP contribution >= 0.6 is 0 Å². The van der Waals surface area contributed by atoms with Crippen LogP contribution in [0, 0.1) is 0 Å². The van der Waals surface area contributed by atoms with Gasteiger partial charge in [0.2, 0.25) is 5.91 Å². The Morgan fingerprint density at radius 3 is 1.78 bits per heavy atom. The van der Waals surface area contributed by atoms with Gasteiger partial charge >= 0.3 is 8.80 Å². The molecule has 0 N–H and O–H groups in total. The van der Waals surface area contributed by atoms with E-state index in [1.807, 2.05) is 27.7 Å². The molecule has 0 aromatic heterocycles. The fourth-order valence-corrected chi connectivity index (χ4v) is 4.31. The molecule has 0 unspecified atom stereocenters. The Morgan fingerprint density at radius 2 is 1.44 bits per heavy atom. The zero-order valence-corrected chi connectivity index (χ0v) is 13.3. The molecule has 5 nitrogen and oxygen atoms in total.